The van der Waals surface area contributed by atoms with Gasteiger partial charge in [-0.3, -0.25) is 9.78 Å². The molecule has 15 heavy (non-hydrogen) atoms. The van der Waals surface area contributed by atoms with Crippen LogP contribution in [-0.4, -0.2) is 15.9 Å². The van der Waals surface area contributed by atoms with Gasteiger partial charge in [0.25, 0.3) is 5.91 Å². The summed E-state index contributed by atoms with van der Waals surface area (Å²) in [6, 6.07) is 1.48. The van der Waals surface area contributed by atoms with Gasteiger partial charge in [0, 0.05) is 12.4 Å². The van der Waals surface area contributed by atoms with E-state index < -0.39 is 0 Å². The third kappa shape index (κ3) is 2.13. The average molecular weight is 224 g/mol. The number of nitrogens with zero attached hydrogens (tertiary/aromatic N) is 2. The van der Waals surface area contributed by atoms with Crippen LogP contribution in [-0.2, 0) is 0 Å². The number of anilines is 1. The molecule has 0 fully saturated rings. The van der Waals surface area contributed by atoms with Crippen molar-refractivity contribution in [3.05, 3.63) is 41.7 Å². The summed E-state index contributed by atoms with van der Waals surface area (Å²) < 4.78 is 4.79. The Morgan fingerprint density at radius 2 is 2.33 bits per heavy atom. The Labute approximate surface area is 90.1 Å². The van der Waals surface area contributed by atoms with Gasteiger partial charge in [0.05, 0.1) is 18.0 Å². The summed E-state index contributed by atoms with van der Waals surface area (Å²) >= 11 is 5.64. The zero-order valence-corrected chi connectivity index (χ0v) is 8.23. The SMILES string of the molecule is O=C(Nc1cnccn1)c1ccoc1Cl. The molecule has 6 heteroatoms. The highest BCUT2D eigenvalue weighted by Gasteiger charge is 2.13. The number of hydrogen-bond acceptors (Lipinski definition) is 4. The molecule has 0 unspecified atom stereocenters. The molecular formula is C9H6ClN3O2. The molecule has 0 saturated heterocycles. The van der Waals surface area contributed by atoms with Crippen LogP contribution in [0.4, 0.5) is 5.82 Å². The number of amides is 1. The van der Waals surface area contributed by atoms with Crippen LogP contribution in [0.5, 0.6) is 0 Å². The van der Waals surface area contributed by atoms with Gasteiger partial charge < -0.3 is 9.73 Å². The lowest BCUT2D eigenvalue weighted by Gasteiger charge is -2.00. The molecule has 0 spiro atoms. The summed E-state index contributed by atoms with van der Waals surface area (Å²) in [4.78, 5) is 19.3. The molecule has 0 aliphatic rings. The summed E-state index contributed by atoms with van der Waals surface area (Å²) in [5.41, 5.74) is 0.266. The van der Waals surface area contributed by atoms with Crippen molar-refractivity contribution >= 4 is 23.3 Å². The Balaban J connectivity index is 2.15. The highest BCUT2D eigenvalue weighted by atomic mass is 35.5. The second-order valence-corrected chi connectivity index (χ2v) is 3.00. The molecule has 0 atom stereocenters. The van der Waals surface area contributed by atoms with E-state index in [4.69, 9.17) is 16.0 Å². The van der Waals surface area contributed by atoms with E-state index in [1.165, 1.54) is 30.9 Å². The molecule has 2 aromatic heterocycles. The Kier molecular flexibility index (Phi) is 2.64. The molecule has 0 aliphatic heterocycles. The molecule has 1 amide bonds. The number of carbonyl (C=O) groups excluding carboxylic acids is 1. The zero-order chi connectivity index (χ0) is 10.7. The third-order valence-electron chi connectivity index (χ3n) is 1.67. The number of halogens is 1. The fraction of sp³-hybridized carbons (Fsp3) is 0. The molecule has 0 saturated carbocycles. The van der Waals surface area contributed by atoms with Crippen molar-refractivity contribution in [2.24, 2.45) is 0 Å². The second-order valence-electron chi connectivity index (χ2n) is 2.65. The monoisotopic (exact) mass is 223 g/mol. The number of nitrogens with one attached hydrogen (secondary N) is 1. The Morgan fingerprint density at radius 3 is 2.93 bits per heavy atom. The average Bonchev–Trinajstić information content (AvgIpc) is 2.66. The van der Waals surface area contributed by atoms with Crippen molar-refractivity contribution in [2.45, 2.75) is 0 Å². The fourth-order valence-corrected chi connectivity index (χ4v) is 1.20. The van der Waals surface area contributed by atoms with Crippen LogP contribution in [0.25, 0.3) is 0 Å². The highest BCUT2D eigenvalue weighted by molar-refractivity contribution is 6.32. The zero-order valence-electron chi connectivity index (χ0n) is 7.48. The van der Waals surface area contributed by atoms with Gasteiger partial charge in [-0.2, -0.15) is 0 Å². The van der Waals surface area contributed by atoms with E-state index in [0.717, 1.165) is 0 Å². The van der Waals surface area contributed by atoms with E-state index in [1.54, 1.807) is 0 Å². The molecule has 0 bridgehead atoms. The minimum Gasteiger partial charge on any atom is -0.452 e. The standard InChI is InChI=1S/C9H6ClN3O2/c10-8-6(1-4-15-8)9(14)13-7-5-11-2-3-12-7/h1-5H,(H,12,13,14). The lowest BCUT2D eigenvalue weighted by molar-refractivity contribution is 0.102. The van der Waals surface area contributed by atoms with Gasteiger partial charge in [-0.15, -0.1) is 0 Å². The maximum Gasteiger partial charge on any atom is 0.261 e. The van der Waals surface area contributed by atoms with Crippen molar-refractivity contribution in [1.82, 2.24) is 9.97 Å². The van der Waals surface area contributed by atoms with E-state index in [1.807, 2.05) is 0 Å². The maximum absolute atomic E-state index is 11.6. The predicted octanol–water partition coefficient (Wildman–Crippen LogP) is 1.98. The summed E-state index contributed by atoms with van der Waals surface area (Å²) in [5, 5.41) is 2.58. The first kappa shape index (κ1) is 9.67. The molecular weight excluding hydrogens is 218 g/mol. The number of carbonyl (C=O) groups is 1. The van der Waals surface area contributed by atoms with Crippen LogP contribution in [0.3, 0.4) is 0 Å². The molecule has 2 rings (SSSR count). The minimum absolute atomic E-state index is 0.0522. The van der Waals surface area contributed by atoms with Gasteiger partial charge in [-0.25, -0.2) is 4.98 Å². The van der Waals surface area contributed by atoms with Crippen LogP contribution in [0, 0.1) is 0 Å². The van der Waals surface area contributed by atoms with E-state index >= 15 is 0 Å². The molecule has 0 aromatic carbocycles. The maximum atomic E-state index is 11.6. The number of rotatable bonds is 2. The first-order valence-electron chi connectivity index (χ1n) is 4.08. The van der Waals surface area contributed by atoms with Crippen LogP contribution in [0.2, 0.25) is 5.22 Å². The number of aromatic nitrogens is 2. The normalized spacial score (nSPS) is 9.93. The summed E-state index contributed by atoms with van der Waals surface area (Å²) in [5.74, 6) is -0.0194. The van der Waals surface area contributed by atoms with Gasteiger partial charge >= 0.3 is 0 Å². The van der Waals surface area contributed by atoms with Crippen molar-refractivity contribution in [1.29, 1.82) is 0 Å². The van der Waals surface area contributed by atoms with Crippen molar-refractivity contribution < 1.29 is 9.21 Å². The predicted molar refractivity (Wildman–Crippen MR) is 53.7 cm³/mol. The topological polar surface area (TPSA) is 68.0 Å². The Bertz CT molecular complexity index is 469. The van der Waals surface area contributed by atoms with Gasteiger partial charge in [0.15, 0.2) is 5.82 Å². The quantitative estimate of drug-likeness (QED) is 0.845. The Morgan fingerprint density at radius 1 is 1.47 bits per heavy atom. The second kappa shape index (κ2) is 4.10. The molecule has 0 aliphatic carbocycles. The van der Waals surface area contributed by atoms with E-state index in [0.29, 0.717) is 5.82 Å². The molecule has 0 radical (unpaired) electrons. The smallest absolute Gasteiger partial charge is 0.261 e. The van der Waals surface area contributed by atoms with Crippen molar-refractivity contribution in [3.63, 3.8) is 0 Å². The number of hydrogen-bond donors (Lipinski definition) is 1. The van der Waals surface area contributed by atoms with Crippen LogP contribution >= 0.6 is 11.6 Å². The minimum atomic E-state index is -0.380. The van der Waals surface area contributed by atoms with Gasteiger partial charge in [-0.05, 0) is 17.7 Å². The Hall–Kier alpha value is -1.88. The third-order valence-corrected chi connectivity index (χ3v) is 1.96. The van der Waals surface area contributed by atoms with Crippen LogP contribution in [0.15, 0.2) is 35.3 Å². The summed E-state index contributed by atoms with van der Waals surface area (Å²) in [6.07, 6.45) is 5.77. The molecule has 2 heterocycles. The van der Waals surface area contributed by atoms with Gasteiger partial charge in [0.2, 0.25) is 5.22 Å². The molecule has 2 aromatic rings. The van der Waals surface area contributed by atoms with E-state index in [9.17, 15) is 4.79 Å². The molecule has 1 N–H and O–H groups in total. The highest BCUT2D eigenvalue weighted by Crippen LogP contribution is 2.17. The van der Waals surface area contributed by atoms with Crippen LogP contribution in [0.1, 0.15) is 10.4 Å². The van der Waals surface area contributed by atoms with Crippen molar-refractivity contribution in [3.8, 4) is 0 Å². The number of furan rings is 1. The lowest BCUT2D eigenvalue weighted by atomic mass is 10.3. The summed E-state index contributed by atoms with van der Waals surface area (Å²) in [7, 11) is 0. The fourth-order valence-electron chi connectivity index (χ4n) is 1.00. The molecule has 76 valence electrons. The van der Waals surface area contributed by atoms with Gasteiger partial charge in [0.1, 0.15) is 0 Å². The van der Waals surface area contributed by atoms with Crippen LogP contribution < -0.4 is 5.32 Å². The van der Waals surface area contributed by atoms with E-state index in [2.05, 4.69) is 15.3 Å². The first-order chi connectivity index (χ1) is 7.27. The lowest BCUT2D eigenvalue weighted by Crippen LogP contribution is -2.12. The largest absolute Gasteiger partial charge is 0.452 e. The summed E-state index contributed by atoms with van der Waals surface area (Å²) in [6.45, 7) is 0. The first-order valence-corrected chi connectivity index (χ1v) is 4.45. The van der Waals surface area contributed by atoms with E-state index in [-0.39, 0.29) is 16.7 Å². The molecule has 5 nitrogen and oxygen atoms in total. The van der Waals surface area contributed by atoms with Gasteiger partial charge in [-0.1, -0.05) is 0 Å². The van der Waals surface area contributed by atoms with Crippen molar-refractivity contribution in [2.75, 3.05) is 5.32 Å².